The SMILES string of the molecule is CCNC(=NCCN1C(=O)CNC1=O)NC1CCN(c2ccc(Br)cc2)C1.I. The largest absolute Gasteiger partial charge is 0.369 e. The molecule has 0 bridgehead atoms. The average Bonchev–Trinajstić information content (AvgIpc) is 3.24. The second-order valence-corrected chi connectivity index (χ2v) is 7.43. The van der Waals surface area contributed by atoms with Crippen molar-refractivity contribution in [3.05, 3.63) is 28.7 Å². The molecule has 0 spiro atoms. The molecule has 10 heteroatoms. The minimum absolute atomic E-state index is 0. The third-order valence-corrected chi connectivity index (χ3v) is 5.12. The van der Waals surface area contributed by atoms with E-state index in [2.05, 4.69) is 66.0 Å². The minimum Gasteiger partial charge on any atom is -0.369 e. The zero-order valence-corrected chi connectivity index (χ0v) is 19.7. The number of halogens is 2. The number of urea groups is 1. The van der Waals surface area contributed by atoms with Gasteiger partial charge in [0.2, 0.25) is 5.91 Å². The summed E-state index contributed by atoms with van der Waals surface area (Å²) in [6, 6.07) is 8.29. The van der Waals surface area contributed by atoms with Crippen molar-refractivity contribution >= 4 is 63.5 Å². The smallest absolute Gasteiger partial charge is 0.324 e. The van der Waals surface area contributed by atoms with E-state index in [-0.39, 0.29) is 49.0 Å². The van der Waals surface area contributed by atoms with E-state index in [4.69, 9.17) is 0 Å². The highest BCUT2D eigenvalue weighted by atomic mass is 127. The van der Waals surface area contributed by atoms with Gasteiger partial charge in [0.1, 0.15) is 0 Å². The summed E-state index contributed by atoms with van der Waals surface area (Å²) in [5, 5.41) is 9.20. The maximum absolute atomic E-state index is 11.6. The third kappa shape index (κ3) is 5.97. The Morgan fingerprint density at radius 3 is 2.71 bits per heavy atom. The lowest BCUT2D eigenvalue weighted by Crippen LogP contribution is -2.45. The molecular formula is C18H26BrIN6O2. The molecule has 0 saturated carbocycles. The van der Waals surface area contributed by atoms with E-state index in [1.165, 1.54) is 10.6 Å². The van der Waals surface area contributed by atoms with E-state index in [1.54, 1.807) is 0 Å². The number of carbonyl (C=O) groups is 2. The molecule has 1 unspecified atom stereocenters. The number of hydrogen-bond acceptors (Lipinski definition) is 4. The Balaban J connectivity index is 0.00000280. The number of carbonyl (C=O) groups excluding carboxylic acids is 2. The maximum Gasteiger partial charge on any atom is 0.324 e. The number of benzene rings is 1. The zero-order chi connectivity index (χ0) is 19.2. The van der Waals surface area contributed by atoms with Crippen LogP contribution in [0.25, 0.3) is 0 Å². The van der Waals surface area contributed by atoms with Crippen molar-refractivity contribution in [3.8, 4) is 0 Å². The van der Waals surface area contributed by atoms with Gasteiger partial charge in [-0.1, -0.05) is 15.9 Å². The molecule has 3 amide bonds. The van der Waals surface area contributed by atoms with Crippen LogP contribution in [-0.2, 0) is 4.79 Å². The Kier molecular flexibility index (Phi) is 8.80. The summed E-state index contributed by atoms with van der Waals surface area (Å²) in [7, 11) is 0. The van der Waals surface area contributed by atoms with Crippen LogP contribution in [0.2, 0.25) is 0 Å². The van der Waals surface area contributed by atoms with E-state index in [0.29, 0.717) is 18.5 Å². The number of guanidine groups is 1. The summed E-state index contributed by atoms with van der Waals surface area (Å²) in [5.41, 5.74) is 1.21. The Morgan fingerprint density at radius 1 is 1.32 bits per heavy atom. The van der Waals surface area contributed by atoms with Gasteiger partial charge < -0.3 is 20.9 Å². The van der Waals surface area contributed by atoms with Crippen LogP contribution in [0.1, 0.15) is 13.3 Å². The number of amides is 3. The first-order valence-electron chi connectivity index (χ1n) is 9.20. The van der Waals surface area contributed by atoms with Crippen molar-refractivity contribution in [2.75, 3.05) is 44.2 Å². The number of nitrogens with one attached hydrogen (secondary N) is 3. The van der Waals surface area contributed by atoms with Crippen molar-refractivity contribution in [2.45, 2.75) is 19.4 Å². The summed E-state index contributed by atoms with van der Waals surface area (Å²) in [5.74, 6) is 0.515. The van der Waals surface area contributed by atoms with Crippen molar-refractivity contribution in [2.24, 2.45) is 4.99 Å². The predicted molar refractivity (Wildman–Crippen MR) is 124 cm³/mol. The molecule has 154 valence electrons. The topological polar surface area (TPSA) is 89.1 Å². The van der Waals surface area contributed by atoms with Crippen molar-refractivity contribution in [3.63, 3.8) is 0 Å². The first-order chi connectivity index (χ1) is 13.1. The van der Waals surface area contributed by atoms with Crippen LogP contribution >= 0.6 is 39.9 Å². The summed E-state index contributed by atoms with van der Waals surface area (Å²) in [4.78, 5) is 31.2. The van der Waals surface area contributed by atoms with Crippen LogP contribution < -0.4 is 20.9 Å². The summed E-state index contributed by atoms with van der Waals surface area (Å²) >= 11 is 3.47. The number of aliphatic imine (C=N–C) groups is 1. The molecular weight excluding hydrogens is 539 g/mol. The Hall–Kier alpha value is -1.56. The molecule has 0 aromatic heterocycles. The second kappa shape index (κ2) is 10.8. The van der Waals surface area contributed by atoms with Crippen molar-refractivity contribution < 1.29 is 9.59 Å². The first kappa shape index (κ1) is 22.7. The van der Waals surface area contributed by atoms with Gasteiger partial charge in [-0.25, -0.2) is 4.79 Å². The lowest BCUT2D eigenvalue weighted by Gasteiger charge is -2.20. The average molecular weight is 565 g/mol. The Bertz CT molecular complexity index is 699. The molecule has 28 heavy (non-hydrogen) atoms. The second-order valence-electron chi connectivity index (χ2n) is 6.52. The van der Waals surface area contributed by atoms with Crippen LogP contribution in [0.5, 0.6) is 0 Å². The molecule has 0 radical (unpaired) electrons. The lowest BCUT2D eigenvalue weighted by molar-refractivity contribution is -0.124. The summed E-state index contributed by atoms with van der Waals surface area (Å²) in [6.45, 7) is 5.39. The van der Waals surface area contributed by atoms with E-state index < -0.39 is 0 Å². The van der Waals surface area contributed by atoms with Gasteiger partial charge in [-0.15, -0.1) is 24.0 Å². The zero-order valence-electron chi connectivity index (χ0n) is 15.8. The quantitative estimate of drug-likeness (QED) is 0.212. The van der Waals surface area contributed by atoms with Gasteiger partial charge in [0, 0.05) is 35.8 Å². The van der Waals surface area contributed by atoms with Crippen LogP contribution in [0.15, 0.2) is 33.7 Å². The Morgan fingerprint density at radius 2 is 2.07 bits per heavy atom. The molecule has 2 aliphatic rings. The number of hydrogen-bond donors (Lipinski definition) is 3. The maximum atomic E-state index is 11.6. The number of nitrogens with zero attached hydrogens (tertiary/aromatic N) is 3. The molecule has 1 atom stereocenters. The molecule has 2 aliphatic heterocycles. The molecule has 3 rings (SSSR count). The van der Waals surface area contributed by atoms with E-state index in [9.17, 15) is 9.59 Å². The fourth-order valence-electron chi connectivity index (χ4n) is 3.22. The van der Waals surface area contributed by atoms with Gasteiger partial charge in [0.15, 0.2) is 5.96 Å². The predicted octanol–water partition coefficient (Wildman–Crippen LogP) is 1.75. The van der Waals surface area contributed by atoms with E-state index in [0.717, 1.165) is 30.5 Å². The van der Waals surface area contributed by atoms with Crippen LogP contribution in [0, 0.1) is 0 Å². The number of imide groups is 1. The first-order valence-corrected chi connectivity index (χ1v) is 9.99. The fourth-order valence-corrected chi connectivity index (χ4v) is 3.49. The molecule has 1 aromatic rings. The van der Waals surface area contributed by atoms with Crippen molar-refractivity contribution in [1.29, 1.82) is 0 Å². The van der Waals surface area contributed by atoms with Gasteiger partial charge in [-0.05, 0) is 37.6 Å². The summed E-state index contributed by atoms with van der Waals surface area (Å²) < 4.78 is 1.08. The molecule has 3 N–H and O–H groups in total. The molecule has 2 saturated heterocycles. The lowest BCUT2D eigenvalue weighted by atomic mass is 10.3. The Labute approximate surface area is 190 Å². The highest BCUT2D eigenvalue weighted by molar-refractivity contribution is 14.0. The minimum atomic E-state index is -0.339. The van der Waals surface area contributed by atoms with Gasteiger partial charge >= 0.3 is 6.03 Å². The van der Waals surface area contributed by atoms with Crippen molar-refractivity contribution in [1.82, 2.24) is 20.9 Å². The molecule has 8 nitrogen and oxygen atoms in total. The molecule has 2 heterocycles. The van der Waals surface area contributed by atoms with Gasteiger partial charge in [-0.2, -0.15) is 0 Å². The fraction of sp³-hybridized carbons (Fsp3) is 0.500. The highest BCUT2D eigenvalue weighted by Gasteiger charge is 2.28. The molecule has 2 fully saturated rings. The standard InChI is InChI=1S/C18H25BrN6O2.HI/c1-2-20-17(21-8-10-25-16(26)11-22-18(25)27)23-14-7-9-24(12-14)15-5-3-13(19)4-6-15;/h3-6,14H,2,7-12H2,1H3,(H,22,27)(H2,20,21,23);1H. The van der Waals surface area contributed by atoms with Crippen LogP contribution in [0.4, 0.5) is 10.5 Å². The van der Waals surface area contributed by atoms with Crippen LogP contribution in [-0.4, -0.2) is 68.1 Å². The molecule has 0 aliphatic carbocycles. The normalized spacial score (nSPS) is 19.5. The number of rotatable bonds is 6. The summed E-state index contributed by atoms with van der Waals surface area (Å²) in [6.07, 6.45) is 1.02. The third-order valence-electron chi connectivity index (χ3n) is 4.60. The van der Waals surface area contributed by atoms with Gasteiger partial charge in [0.05, 0.1) is 19.6 Å². The van der Waals surface area contributed by atoms with Crippen LogP contribution in [0.3, 0.4) is 0 Å². The number of anilines is 1. The van der Waals surface area contributed by atoms with Gasteiger partial charge in [-0.3, -0.25) is 14.7 Å². The van der Waals surface area contributed by atoms with E-state index in [1.807, 2.05) is 6.92 Å². The highest BCUT2D eigenvalue weighted by Crippen LogP contribution is 2.22. The van der Waals surface area contributed by atoms with E-state index >= 15 is 0 Å². The van der Waals surface area contributed by atoms with Gasteiger partial charge in [0.25, 0.3) is 0 Å². The molecule has 1 aromatic carbocycles. The monoisotopic (exact) mass is 564 g/mol.